The second-order valence-corrected chi connectivity index (χ2v) is 33.8. The van der Waals surface area contributed by atoms with Crippen molar-refractivity contribution >= 4 is 97.9 Å². The standard InChI is InChI=1S/C71H106N10O18S2.C10H20O5.2CO2/c1-9-68(92)37-45-36-67(5,59-48(16-21-80(40-45)42-68)47-14-11-12-15-51(47)75-59)50-34-49-54(35-57(50)95-8)79(6)63-70(49)19-22-81-20-13-18-69(10-2,62(70)81)64(89)71(63,93)65(90)77-78-66(91)99-30-31-100-101-41-46(61(87)88)33-56(84)53(76-60(86)43(3)32-55(83)52(38-72)74-44(4)82)39-73-58(85)17-23-96-26-27-98-29-28-97-25-24-94-7;1-12-5-6-14-9-10-15-8-7-13-4-2-3-11;2*2-1-3/h11-15,18,34-35,43,45-46,52-53,62-64,66,75,78,89,91-93H,9-10,16-17,19-33,36-42,72H2,1-8H3,(H,73,85)(H,74,82)(H,76,86)(H,77,90)(H,87,88);3H,2,4-10H2,1H3;;/t43-,45?,46?,52+,53+,62+,63-,64-,66?,67-,68+,69-,70-,71+;;;/m1.../s1. The number of nitrogens with zero attached hydrogens (tertiary/aromatic N) is 3. The maximum Gasteiger partial charge on any atom is 0.373 e. The van der Waals surface area contributed by atoms with Gasteiger partial charge in [0, 0.05) is 167 Å². The van der Waals surface area contributed by atoms with E-state index in [4.69, 9.17) is 72.3 Å². The van der Waals surface area contributed by atoms with Gasteiger partial charge in [0.25, 0.3) is 5.91 Å². The van der Waals surface area contributed by atoms with Crippen molar-refractivity contribution in [2.45, 2.75) is 158 Å². The van der Waals surface area contributed by atoms with E-state index in [0.29, 0.717) is 137 Å². The van der Waals surface area contributed by atoms with Gasteiger partial charge in [0.05, 0.1) is 130 Å². The number of carboxylic acids is 1. The third-order valence-electron chi connectivity index (χ3n) is 23.3. The lowest BCUT2D eigenvalue weighted by atomic mass is 9.47. The number of ether oxygens (including phenoxy) is 10. The van der Waals surface area contributed by atoms with Crippen LogP contribution in [0.25, 0.3) is 10.9 Å². The van der Waals surface area contributed by atoms with Gasteiger partial charge in [-0.1, -0.05) is 72.7 Å². The number of amides is 4. The molecule has 1 aromatic heterocycles. The van der Waals surface area contributed by atoms with Gasteiger partial charge in [0.1, 0.15) is 24.2 Å². The quantitative estimate of drug-likeness (QED) is 0.00933. The maximum atomic E-state index is 15.3. The molecule has 2 bridgehead atoms. The van der Waals surface area contributed by atoms with E-state index >= 15 is 4.79 Å². The molecule has 2 saturated heterocycles. The molecule has 37 nitrogen and oxygen atoms in total. The molecular weight excluding hydrogens is 1630 g/mol. The molecule has 5 aliphatic heterocycles. The third kappa shape index (κ3) is 27.2. The van der Waals surface area contributed by atoms with E-state index in [1.54, 1.807) is 21.3 Å². The lowest BCUT2D eigenvalue weighted by molar-refractivity contribution is -0.206. The van der Waals surface area contributed by atoms with Crippen LogP contribution in [0, 0.1) is 23.2 Å². The van der Waals surface area contributed by atoms with Gasteiger partial charge in [-0.05, 0) is 81.2 Å². The topological polar surface area (TPSA) is 510 Å². The third-order valence-corrected chi connectivity index (χ3v) is 25.8. The van der Waals surface area contributed by atoms with Gasteiger partial charge < -0.3 is 109 Å². The number of hydrogen-bond donors (Lipinski definition) is 12. The number of piperidine rings is 1. The number of nitrogens with one attached hydrogen (secondary N) is 6. The van der Waals surface area contributed by atoms with Crippen LogP contribution in [0.15, 0.2) is 48.6 Å². The van der Waals surface area contributed by atoms with Crippen LogP contribution in [-0.2, 0) is 117 Å². The molecule has 3 fully saturated rings. The Kier molecular flexibility index (Phi) is 43.8. The number of likely N-dealkylation sites (N-methyl/N-ethyl adjacent to an activating group) is 1. The van der Waals surface area contributed by atoms with Crippen LogP contribution in [0.3, 0.4) is 0 Å². The number of aromatic nitrogens is 1. The van der Waals surface area contributed by atoms with Crippen molar-refractivity contribution in [3.05, 3.63) is 70.9 Å². The highest BCUT2D eigenvalue weighted by Gasteiger charge is 2.79. The fraction of sp³-hybridized carbons (Fsp3) is 0.687. The summed E-state index contributed by atoms with van der Waals surface area (Å²) < 4.78 is 53.7. The first kappa shape index (κ1) is 103. The number of anilines is 1. The largest absolute Gasteiger partial charge is 0.496 e. The number of Topliss-reactive ketones (excluding diaryl/α,β-unsaturated/α-hetero) is 2. The molecule has 6 aliphatic rings. The summed E-state index contributed by atoms with van der Waals surface area (Å²) >= 11 is 0. The highest BCUT2D eigenvalue weighted by Crippen LogP contribution is 2.68. The Bertz CT molecular complexity index is 3940. The number of carbonyl (C=O) groups is 8. The lowest BCUT2D eigenvalue weighted by Gasteiger charge is -2.63. The number of H-pyrrole nitrogens is 1. The monoisotopic (exact) mass is 1760 g/mol. The molecule has 13 N–H and O–H groups in total. The van der Waals surface area contributed by atoms with Gasteiger partial charge in [0.2, 0.25) is 24.1 Å². The van der Waals surface area contributed by atoms with E-state index in [1.807, 2.05) is 43.2 Å². The van der Waals surface area contributed by atoms with Crippen molar-refractivity contribution in [2.24, 2.45) is 28.9 Å². The van der Waals surface area contributed by atoms with E-state index in [2.05, 4.69) is 79.7 Å². The summed E-state index contributed by atoms with van der Waals surface area (Å²) in [4.78, 5) is 146. The van der Waals surface area contributed by atoms with Crippen LogP contribution in [0.4, 0.5) is 5.69 Å². The molecule has 122 heavy (non-hydrogen) atoms. The van der Waals surface area contributed by atoms with E-state index < -0.39 is 124 Å². The summed E-state index contributed by atoms with van der Waals surface area (Å²) in [5.74, 6) is -6.73. The molecule has 4 amide bonds. The number of aliphatic hydroxyl groups excluding tert-OH is 2. The molecule has 9 rings (SSSR count). The van der Waals surface area contributed by atoms with Gasteiger partial charge in [-0.2, -0.15) is 24.6 Å². The highest BCUT2D eigenvalue weighted by atomic mass is 33.1. The first-order valence-corrected chi connectivity index (χ1v) is 43.6. The summed E-state index contributed by atoms with van der Waals surface area (Å²) in [6.07, 6.45) is 4.92. The Hall–Kier alpha value is -7.54. The number of aromatic amines is 1. The minimum absolute atomic E-state index is 0.0103. The second-order valence-electron chi connectivity index (χ2n) is 31.2. The van der Waals surface area contributed by atoms with Gasteiger partial charge in [0.15, 0.2) is 17.2 Å². The van der Waals surface area contributed by atoms with Crippen molar-refractivity contribution < 1.29 is 130 Å². The number of methoxy groups -OCH3 is 3. The molecule has 1 aliphatic carbocycles. The zero-order valence-electron chi connectivity index (χ0n) is 71.4. The smallest absolute Gasteiger partial charge is 0.373 e. The van der Waals surface area contributed by atoms with Gasteiger partial charge in [-0.25, -0.2) is 0 Å². The number of carboxylic acid groups (broad SMARTS) is 1. The number of hydrogen-bond acceptors (Lipinski definition) is 33. The first-order valence-electron chi connectivity index (χ1n) is 41.2. The number of ketones is 2. The van der Waals surface area contributed by atoms with Crippen molar-refractivity contribution in [3.63, 3.8) is 0 Å². The molecule has 682 valence electrons. The number of aliphatic hydroxyl groups is 4. The predicted molar refractivity (Wildman–Crippen MR) is 446 cm³/mol. The van der Waals surface area contributed by atoms with Crippen LogP contribution in [0.2, 0.25) is 0 Å². The Morgan fingerprint density at radius 2 is 1.39 bits per heavy atom. The maximum absolute atomic E-state index is 15.3. The summed E-state index contributed by atoms with van der Waals surface area (Å²) in [5.41, 5.74) is 10.5. The molecule has 0 radical (unpaired) electrons. The number of para-hydroxylation sites is 1. The van der Waals surface area contributed by atoms with Gasteiger partial charge in [-0.15, -0.1) is 0 Å². The molecule has 2 aromatic carbocycles. The van der Waals surface area contributed by atoms with Crippen LogP contribution in [0.5, 0.6) is 5.75 Å². The van der Waals surface area contributed by atoms with Crippen molar-refractivity contribution in [2.75, 3.05) is 190 Å². The van der Waals surface area contributed by atoms with Crippen molar-refractivity contribution in [3.8, 4) is 5.75 Å². The number of aliphatic carboxylic acids is 1. The Morgan fingerprint density at radius 1 is 0.770 bits per heavy atom. The molecule has 3 aromatic rings. The molecule has 1 saturated carbocycles. The zero-order chi connectivity index (χ0) is 89.6. The average Bonchev–Trinajstić information content (AvgIpc) is 1.49. The molecular formula is C83H126N10O27S2. The number of hydrazine groups is 1. The summed E-state index contributed by atoms with van der Waals surface area (Å²) in [5, 5.41) is 69.0. The van der Waals surface area contributed by atoms with E-state index in [-0.39, 0.29) is 81.6 Å². The molecule has 39 heteroatoms. The molecule has 6 heterocycles. The van der Waals surface area contributed by atoms with Gasteiger partial charge >= 0.3 is 18.3 Å². The highest BCUT2D eigenvalue weighted by molar-refractivity contribution is 8.76. The number of aldehydes is 1. The Morgan fingerprint density at radius 3 is 1.98 bits per heavy atom. The number of carbonyl (C=O) groups excluding carboxylic acids is 11. The van der Waals surface area contributed by atoms with Gasteiger partial charge in [-0.3, -0.25) is 48.8 Å². The number of fused-ring (bicyclic) bond motifs is 6. The number of nitrogens with two attached hydrogens (primary N) is 1. The Labute approximate surface area is 719 Å². The predicted octanol–water partition coefficient (Wildman–Crippen LogP) is 0.899. The Balaban J connectivity index is 0.000000972. The zero-order valence-corrected chi connectivity index (χ0v) is 73.0. The molecule has 4 unspecified atom stereocenters. The average molecular weight is 1760 g/mol. The van der Waals surface area contributed by atoms with Crippen LogP contribution < -0.4 is 42.2 Å². The molecule has 1 spiro atoms. The summed E-state index contributed by atoms with van der Waals surface area (Å²) in [6.45, 7) is 17.6. The summed E-state index contributed by atoms with van der Waals surface area (Å²) in [7, 11) is 9.01. The van der Waals surface area contributed by atoms with Crippen LogP contribution >= 0.6 is 21.6 Å². The van der Waals surface area contributed by atoms with E-state index in [0.717, 1.165) is 70.0 Å². The normalized spacial score (nSPS) is 24.6. The summed E-state index contributed by atoms with van der Waals surface area (Å²) in [6, 6.07) is 8.84. The fourth-order valence-corrected chi connectivity index (χ4v) is 19.9. The number of rotatable bonds is 51. The SMILES string of the molecule is CC[C@]1(O)CC2CN(CCc3c([nH]c4ccccc34)[C@@](C)(c3cc4c(cc3OC)N(C)[C@H]3[C@@](O)(C(=O)NNC(O)OCCSSCC(CC(=O)[C@H](CNC(=O)CCOCCOCCOCCOC)NC(=O)[C@H](C)CC(=O)[C@H](CN)NC(C)=O)C(=O)O)[C@H](O)[C@]5(CC)C=CCN6CC[C@]43[C@@H]65)C2)C1.COCCOCCOCCOCCC=O.O=C=O.O=C=O. The van der Waals surface area contributed by atoms with Crippen LogP contribution in [-0.4, -0.2) is 333 Å². The number of benzene rings is 2. The van der Waals surface area contributed by atoms with Crippen molar-refractivity contribution in [1.29, 1.82) is 0 Å². The molecule has 15 atom stereocenters. The minimum atomic E-state index is -2.52. The van der Waals surface area contributed by atoms with E-state index in [1.165, 1.54) is 30.2 Å². The van der Waals surface area contributed by atoms with Crippen LogP contribution in [0.1, 0.15) is 115 Å². The second kappa shape index (κ2) is 51.8. The first-order chi connectivity index (χ1) is 58.5. The van der Waals surface area contributed by atoms with E-state index in [9.17, 15) is 59.1 Å². The lowest BCUT2D eigenvalue weighted by Crippen LogP contribution is -2.82. The minimum Gasteiger partial charge on any atom is -0.496 e. The van der Waals surface area contributed by atoms with Crippen molar-refractivity contribution in [1.82, 2.24) is 41.6 Å². The fourth-order valence-electron chi connectivity index (χ4n) is 17.7.